The highest BCUT2D eigenvalue weighted by Gasteiger charge is 2.11. The van der Waals surface area contributed by atoms with Crippen LogP contribution in [0, 0.1) is 0 Å². The smallest absolute Gasteiger partial charge is 0.263 e. The van der Waals surface area contributed by atoms with Crippen LogP contribution < -0.4 is 5.32 Å². The molecule has 5 heteroatoms. The van der Waals surface area contributed by atoms with E-state index in [-0.39, 0.29) is 18.2 Å². The molecule has 3 nitrogen and oxygen atoms in total. The van der Waals surface area contributed by atoms with Crippen LogP contribution in [0.5, 0.6) is 0 Å². The number of carbonyl (C=O) groups excluding carboxylic acids is 2. The van der Waals surface area contributed by atoms with Crippen LogP contribution in [0.4, 0.5) is 0 Å². The SMILES string of the molecule is CC(=O)CNC(=O)c1sccc1Cl. The van der Waals surface area contributed by atoms with Crippen LogP contribution in [-0.4, -0.2) is 18.2 Å². The Morgan fingerprint density at radius 3 is 2.77 bits per heavy atom. The fraction of sp³-hybridized carbons (Fsp3) is 0.250. The predicted molar refractivity (Wildman–Crippen MR) is 52.3 cm³/mol. The number of hydrogen-bond donors (Lipinski definition) is 1. The van der Waals surface area contributed by atoms with E-state index in [1.807, 2.05) is 0 Å². The molecule has 13 heavy (non-hydrogen) atoms. The molecule has 1 heterocycles. The summed E-state index contributed by atoms with van der Waals surface area (Å²) in [6, 6.07) is 1.65. The molecule has 0 fully saturated rings. The van der Waals surface area contributed by atoms with Gasteiger partial charge in [0, 0.05) is 0 Å². The van der Waals surface area contributed by atoms with Crippen molar-refractivity contribution in [1.29, 1.82) is 0 Å². The van der Waals surface area contributed by atoms with Crippen LogP contribution in [-0.2, 0) is 4.79 Å². The largest absolute Gasteiger partial charge is 0.344 e. The first kappa shape index (κ1) is 10.2. The lowest BCUT2D eigenvalue weighted by Gasteiger charge is -1.99. The first-order valence-electron chi connectivity index (χ1n) is 3.62. The number of Topliss-reactive ketones (excluding diaryl/α,β-unsaturated/α-hetero) is 1. The summed E-state index contributed by atoms with van der Waals surface area (Å²) in [7, 11) is 0. The van der Waals surface area contributed by atoms with Gasteiger partial charge in [-0.2, -0.15) is 0 Å². The van der Waals surface area contributed by atoms with Crippen molar-refractivity contribution in [2.75, 3.05) is 6.54 Å². The molecule has 0 bridgehead atoms. The molecule has 70 valence electrons. The fourth-order valence-electron chi connectivity index (χ4n) is 0.741. The van der Waals surface area contributed by atoms with Crippen molar-refractivity contribution in [3.05, 3.63) is 21.3 Å². The summed E-state index contributed by atoms with van der Waals surface area (Å²) in [4.78, 5) is 22.3. The van der Waals surface area contributed by atoms with Crippen LogP contribution in [0.25, 0.3) is 0 Å². The minimum Gasteiger partial charge on any atom is -0.344 e. The third-order valence-electron chi connectivity index (χ3n) is 1.32. The first-order chi connectivity index (χ1) is 6.11. The topological polar surface area (TPSA) is 46.2 Å². The number of thiophene rings is 1. The summed E-state index contributed by atoms with van der Waals surface area (Å²) < 4.78 is 0. The molecule has 1 aromatic rings. The van der Waals surface area contributed by atoms with E-state index < -0.39 is 0 Å². The Morgan fingerprint density at radius 2 is 2.31 bits per heavy atom. The highest BCUT2D eigenvalue weighted by molar-refractivity contribution is 7.12. The quantitative estimate of drug-likeness (QED) is 0.838. The molecule has 0 radical (unpaired) electrons. The average molecular weight is 218 g/mol. The van der Waals surface area contributed by atoms with E-state index >= 15 is 0 Å². The number of nitrogens with one attached hydrogen (secondary N) is 1. The van der Waals surface area contributed by atoms with Gasteiger partial charge in [-0.25, -0.2) is 0 Å². The molecule has 1 rings (SSSR count). The predicted octanol–water partition coefficient (Wildman–Crippen LogP) is 1.72. The molecule has 0 unspecified atom stereocenters. The number of halogens is 1. The van der Waals surface area contributed by atoms with E-state index in [9.17, 15) is 9.59 Å². The lowest BCUT2D eigenvalue weighted by molar-refractivity contribution is -0.116. The number of carbonyl (C=O) groups is 2. The molecule has 0 saturated carbocycles. The minimum atomic E-state index is -0.296. The highest BCUT2D eigenvalue weighted by Crippen LogP contribution is 2.21. The number of hydrogen-bond acceptors (Lipinski definition) is 3. The van der Waals surface area contributed by atoms with Crippen molar-refractivity contribution in [3.8, 4) is 0 Å². The van der Waals surface area contributed by atoms with E-state index in [1.165, 1.54) is 18.3 Å². The van der Waals surface area contributed by atoms with E-state index in [1.54, 1.807) is 11.4 Å². The van der Waals surface area contributed by atoms with Gasteiger partial charge in [0.05, 0.1) is 11.6 Å². The lowest BCUT2D eigenvalue weighted by atomic mass is 10.4. The second-order valence-electron chi connectivity index (χ2n) is 2.48. The van der Waals surface area contributed by atoms with Gasteiger partial charge in [-0.05, 0) is 18.4 Å². The molecule has 1 aromatic heterocycles. The summed E-state index contributed by atoms with van der Waals surface area (Å²) in [5, 5.41) is 4.61. The van der Waals surface area contributed by atoms with Crippen molar-refractivity contribution < 1.29 is 9.59 Å². The van der Waals surface area contributed by atoms with Gasteiger partial charge in [0.15, 0.2) is 0 Å². The molecule has 0 aliphatic carbocycles. The molecular weight excluding hydrogens is 210 g/mol. The summed E-state index contributed by atoms with van der Waals surface area (Å²) in [6.45, 7) is 1.46. The molecular formula is C8H8ClNO2S. The third kappa shape index (κ3) is 2.82. The summed E-state index contributed by atoms with van der Waals surface area (Å²) >= 11 is 6.97. The van der Waals surface area contributed by atoms with Crippen LogP contribution in [0.15, 0.2) is 11.4 Å². The van der Waals surface area contributed by atoms with Crippen molar-refractivity contribution >= 4 is 34.6 Å². The van der Waals surface area contributed by atoms with Crippen LogP contribution in [0.2, 0.25) is 5.02 Å². The zero-order valence-corrected chi connectivity index (χ0v) is 8.54. The zero-order chi connectivity index (χ0) is 9.84. The highest BCUT2D eigenvalue weighted by atomic mass is 35.5. The summed E-state index contributed by atoms with van der Waals surface area (Å²) in [5.41, 5.74) is 0. The number of amides is 1. The molecule has 0 aliphatic rings. The van der Waals surface area contributed by atoms with Crippen molar-refractivity contribution in [1.82, 2.24) is 5.32 Å². The van der Waals surface area contributed by atoms with Crippen LogP contribution in [0.3, 0.4) is 0 Å². The number of ketones is 1. The Morgan fingerprint density at radius 1 is 1.62 bits per heavy atom. The van der Waals surface area contributed by atoms with E-state index in [4.69, 9.17) is 11.6 Å². The van der Waals surface area contributed by atoms with Gasteiger partial charge in [-0.3, -0.25) is 9.59 Å². The van der Waals surface area contributed by atoms with Gasteiger partial charge in [-0.1, -0.05) is 11.6 Å². The van der Waals surface area contributed by atoms with E-state index in [0.717, 1.165) is 0 Å². The second kappa shape index (κ2) is 4.39. The molecule has 0 spiro atoms. The maximum atomic E-state index is 11.3. The fourth-order valence-corrected chi connectivity index (χ4v) is 1.80. The van der Waals surface area contributed by atoms with Gasteiger partial charge in [0.1, 0.15) is 10.7 Å². The van der Waals surface area contributed by atoms with Gasteiger partial charge < -0.3 is 5.32 Å². The van der Waals surface area contributed by atoms with Crippen molar-refractivity contribution in [2.24, 2.45) is 0 Å². The Bertz CT molecular complexity index is 335. The normalized spacial score (nSPS) is 9.69. The average Bonchev–Trinajstić information content (AvgIpc) is 2.47. The monoisotopic (exact) mass is 217 g/mol. The molecule has 0 atom stereocenters. The van der Waals surface area contributed by atoms with Gasteiger partial charge in [0.25, 0.3) is 5.91 Å². The van der Waals surface area contributed by atoms with Gasteiger partial charge in [0.2, 0.25) is 0 Å². The molecule has 1 amide bonds. The zero-order valence-electron chi connectivity index (χ0n) is 6.96. The Kier molecular flexibility index (Phi) is 3.45. The van der Waals surface area contributed by atoms with Gasteiger partial charge in [-0.15, -0.1) is 11.3 Å². The van der Waals surface area contributed by atoms with Crippen LogP contribution in [0.1, 0.15) is 16.6 Å². The molecule has 0 saturated heterocycles. The standard InChI is InChI=1S/C8H8ClNO2S/c1-5(11)4-10-8(12)7-6(9)2-3-13-7/h2-3H,4H2,1H3,(H,10,12). The van der Waals surface area contributed by atoms with Crippen molar-refractivity contribution in [2.45, 2.75) is 6.92 Å². The van der Waals surface area contributed by atoms with Gasteiger partial charge >= 0.3 is 0 Å². The maximum Gasteiger partial charge on any atom is 0.263 e. The molecule has 1 N–H and O–H groups in total. The lowest BCUT2D eigenvalue weighted by Crippen LogP contribution is -2.27. The van der Waals surface area contributed by atoms with E-state index in [2.05, 4.69) is 5.32 Å². The second-order valence-corrected chi connectivity index (χ2v) is 3.81. The third-order valence-corrected chi connectivity index (χ3v) is 2.66. The minimum absolute atomic E-state index is 0.0487. The molecule has 0 aliphatic heterocycles. The Labute approximate surface area is 84.7 Å². The Balaban J connectivity index is 2.59. The number of rotatable bonds is 3. The summed E-state index contributed by atoms with van der Waals surface area (Å²) in [6.07, 6.45) is 0. The van der Waals surface area contributed by atoms with Crippen LogP contribution >= 0.6 is 22.9 Å². The first-order valence-corrected chi connectivity index (χ1v) is 4.87. The maximum absolute atomic E-state index is 11.3. The van der Waals surface area contributed by atoms with E-state index in [0.29, 0.717) is 9.90 Å². The Hall–Kier alpha value is -0.870. The summed E-state index contributed by atoms with van der Waals surface area (Å²) in [5.74, 6) is -0.378. The molecule has 0 aromatic carbocycles. The van der Waals surface area contributed by atoms with Crippen molar-refractivity contribution in [3.63, 3.8) is 0 Å².